The van der Waals surface area contributed by atoms with Crippen LogP contribution in [0.25, 0.3) is 23.2 Å². The van der Waals surface area contributed by atoms with Crippen molar-refractivity contribution in [3.63, 3.8) is 0 Å². The monoisotopic (exact) mass is 364 g/mol. The maximum absolute atomic E-state index is 12.2. The van der Waals surface area contributed by atoms with Gasteiger partial charge in [-0.2, -0.15) is 0 Å². The molecule has 0 atom stereocenters. The first kappa shape index (κ1) is 18.7. The number of benzene rings is 2. The average molecular weight is 364 g/mol. The summed E-state index contributed by atoms with van der Waals surface area (Å²) in [5, 5.41) is 0. The molecule has 0 aliphatic carbocycles. The molecule has 0 bridgehead atoms. The quantitative estimate of drug-likeness (QED) is 0.590. The molecule has 0 saturated carbocycles. The van der Waals surface area contributed by atoms with Crippen molar-refractivity contribution < 1.29 is 9.47 Å². The molecule has 3 aromatic rings. The van der Waals surface area contributed by atoms with E-state index in [9.17, 15) is 4.79 Å². The molecule has 0 fully saturated rings. The van der Waals surface area contributed by atoms with Gasteiger partial charge in [-0.05, 0) is 49.2 Å². The average Bonchev–Trinajstić information content (AvgIpc) is 2.68. The zero-order valence-electron chi connectivity index (χ0n) is 15.7. The van der Waals surface area contributed by atoms with Crippen molar-refractivity contribution >= 4 is 23.2 Å². The third-order valence-electron chi connectivity index (χ3n) is 4.08. The zero-order valence-corrected chi connectivity index (χ0v) is 15.7. The maximum atomic E-state index is 12.2. The van der Waals surface area contributed by atoms with Crippen LogP contribution in [0.5, 0.6) is 11.5 Å². The molecule has 27 heavy (non-hydrogen) atoms. The molecule has 0 aliphatic rings. The molecule has 0 unspecified atom stereocenters. The smallest absolute Gasteiger partial charge is 0.274 e. The molecule has 0 saturated heterocycles. The number of aromatic nitrogens is 2. The molecular formula is C22H24N2O3. The van der Waals surface area contributed by atoms with Crippen molar-refractivity contribution in [1.29, 1.82) is 0 Å². The van der Waals surface area contributed by atoms with Gasteiger partial charge in [0.05, 0.1) is 24.2 Å². The Bertz CT molecular complexity index is 992. The number of para-hydroxylation sites is 2. The van der Waals surface area contributed by atoms with Crippen LogP contribution in [-0.2, 0) is 0 Å². The predicted molar refractivity (Wildman–Crippen MR) is 109 cm³/mol. The summed E-state index contributed by atoms with van der Waals surface area (Å²) < 4.78 is 11.5. The lowest BCUT2D eigenvalue weighted by Gasteiger charge is -2.12. The molecule has 0 amide bonds. The largest absolute Gasteiger partial charge is 0.490 e. The molecule has 0 radical (unpaired) electrons. The molecule has 1 N–H and O–H groups in total. The maximum Gasteiger partial charge on any atom is 0.274 e. The van der Waals surface area contributed by atoms with Gasteiger partial charge in [0.2, 0.25) is 0 Å². The van der Waals surface area contributed by atoms with E-state index in [1.807, 2.05) is 55.5 Å². The molecule has 140 valence electrons. The van der Waals surface area contributed by atoms with Crippen molar-refractivity contribution in [2.45, 2.75) is 26.7 Å². The SMILES string of the molecule is CCCCOc1ccc(/C=C/c2nc3ccccc3[nH]c2=O)cc1OCC. The summed E-state index contributed by atoms with van der Waals surface area (Å²) in [6.45, 7) is 5.30. The minimum atomic E-state index is -0.213. The van der Waals surface area contributed by atoms with Crippen molar-refractivity contribution in [3.8, 4) is 11.5 Å². The summed E-state index contributed by atoms with van der Waals surface area (Å²) in [7, 11) is 0. The number of hydrogen-bond acceptors (Lipinski definition) is 4. The van der Waals surface area contributed by atoms with Crippen molar-refractivity contribution in [3.05, 3.63) is 64.1 Å². The molecule has 1 heterocycles. The minimum Gasteiger partial charge on any atom is -0.490 e. The van der Waals surface area contributed by atoms with Crippen LogP contribution in [0.15, 0.2) is 47.3 Å². The number of nitrogens with one attached hydrogen (secondary N) is 1. The number of ether oxygens (including phenoxy) is 2. The molecule has 2 aromatic carbocycles. The second-order valence-electron chi connectivity index (χ2n) is 6.14. The van der Waals surface area contributed by atoms with E-state index in [1.165, 1.54) is 0 Å². The fraction of sp³-hybridized carbons (Fsp3) is 0.273. The van der Waals surface area contributed by atoms with Gasteiger partial charge < -0.3 is 14.5 Å². The third-order valence-corrected chi connectivity index (χ3v) is 4.08. The molecule has 0 spiro atoms. The highest BCUT2D eigenvalue weighted by atomic mass is 16.5. The van der Waals surface area contributed by atoms with Crippen molar-refractivity contribution in [2.75, 3.05) is 13.2 Å². The number of aromatic amines is 1. The Morgan fingerprint density at radius 3 is 2.70 bits per heavy atom. The number of H-pyrrole nitrogens is 1. The first-order valence-corrected chi connectivity index (χ1v) is 9.28. The lowest BCUT2D eigenvalue weighted by atomic mass is 10.1. The molecule has 5 nitrogen and oxygen atoms in total. The van der Waals surface area contributed by atoms with Gasteiger partial charge in [0, 0.05) is 0 Å². The van der Waals surface area contributed by atoms with Gasteiger partial charge in [-0.25, -0.2) is 4.98 Å². The Morgan fingerprint density at radius 2 is 1.89 bits per heavy atom. The number of hydrogen-bond donors (Lipinski definition) is 1. The van der Waals surface area contributed by atoms with Gasteiger partial charge in [0.25, 0.3) is 5.56 Å². The van der Waals surface area contributed by atoms with E-state index in [0.717, 1.165) is 35.2 Å². The normalized spacial score (nSPS) is 11.2. The van der Waals surface area contributed by atoms with Crippen molar-refractivity contribution in [1.82, 2.24) is 9.97 Å². The Balaban J connectivity index is 1.85. The molecule has 3 rings (SSSR count). The third kappa shape index (κ3) is 4.76. The molecule has 0 aliphatic heterocycles. The number of rotatable bonds is 8. The van der Waals surface area contributed by atoms with Crippen LogP contribution in [-0.4, -0.2) is 23.2 Å². The second-order valence-corrected chi connectivity index (χ2v) is 6.14. The topological polar surface area (TPSA) is 64.2 Å². The summed E-state index contributed by atoms with van der Waals surface area (Å²) in [5.74, 6) is 1.44. The van der Waals surface area contributed by atoms with E-state index >= 15 is 0 Å². The highest BCUT2D eigenvalue weighted by Crippen LogP contribution is 2.29. The van der Waals surface area contributed by atoms with Gasteiger partial charge in [-0.3, -0.25) is 4.79 Å². The van der Waals surface area contributed by atoms with Crippen LogP contribution in [0.4, 0.5) is 0 Å². The van der Waals surface area contributed by atoms with Crippen LogP contribution in [0.1, 0.15) is 37.9 Å². The van der Waals surface area contributed by atoms with Crippen LogP contribution in [0.2, 0.25) is 0 Å². The lowest BCUT2D eigenvalue weighted by Crippen LogP contribution is -2.11. The summed E-state index contributed by atoms with van der Waals surface area (Å²) in [5.41, 5.74) is 2.55. The number of unbranched alkanes of at least 4 members (excludes halogenated alkanes) is 1. The summed E-state index contributed by atoms with van der Waals surface area (Å²) in [4.78, 5) is 19.5. The van der Waals surface area contributed by atoms with E-state index in [2.05, 4.69) is 16.9 Å². The van der Waals surface area contributed by atoms with E-state index in [1.54, 1.807) is 6.08 Å². The highest BCUT2D eigenvalue weighted by molar-refractivity contribution is 5.76. The Morgan fingerprint density at radius 1 is 1.04 bits per heavy atom. The van der Waals surface area contributed by atoms with Gasteiger partial charge in [0.15, 0.2) is 11.5 Å². The van der Waals surface area contributed by atoms with Crippen LogP contribution in [0.3, 0.4) is 0 Å². The van der Waals surface area contributed by atoms with Crippen LogP contribution >= 0.6 is 0 Å². The molecule has 5 heteroatoms. The Hall–Kier alpha value is -3.08. The van der Waals surface area contributed by atoms with Crippen molar-refractivity contribution in [2.24, 2.45) is 0 Å². The highest BCUT2D eigenvalue weighted by Gasteiger charge is 2.06. The van der Waals surface area contributed by atoms with Gasteiger partial charge in [-0.15, -0.1) is 0 Å². The molecular weight excluding hydrogens is 340 g/mol. The second kappa shape index (κ2) is 9.03. The summed E-state index contributed by atoms with van der Waals surface area (Å²) >= 11 is 0. The summed E-state index contributed by atoms with van der Waals surface area (Å²) in [6, 6.07) is 13.2. The summed E-state index contributed by atoms with van der Waals surface area (Å²) in [6.07, 6.45) is 5.65. The van der Waals surface area contributed by atoms with E-state index in [0.29, 0.717) is 24.7 Å². The zero-order chi connectivity index (χ0) is 19.1. The Kier molecular flexibility index (Phi) is 6.26. The van der Waals surface area contributed by atoms with Gasteiger partial charge in [0.1, 0.15) is 5.69 Å². The van der Waals surface area contributed by atoms with E-state index in [4.69, 9.17) is 9.47 Å². The van der Waals surface area contributed by atoms with Crippen LogP contribution < -0.4 is 15.0 Å². The minimum absolute atomic E-state index is 0.213. The first-order valence-electron chi connectivity index (χ1n) is 9.28. The van der Waals surface area contributed by atoms with Gasteiger partial charge in [-0.1, -0.05) is 37.6 Å². The van der Waals surface area contributed by atoms with Crippen LogP contribution in [0, 0.1) is 0 Å². The van der Waals surface area contributed by atoms with Gasteiger partial charge >= 0.3 is 0 Å². The Labute approximate surface area is 158 Å². The first-order chi connectivity index (χ1) is 13.2. The fourth-order valence-corrected chi connectivity index (χ4v) is 2.67. The standard InChI is InChI=1S/C22H24N2O3/c1-3-5-14-27-20-13-11-16(15-21(20)26-4-2)10-12-19-22(25)24-18-9-7-6-8-17(18)23-19/h6-13,15H,3-5,14H2,1-2H3,(H,24,25)/b12-10+. The number of nitrogens with zero attached hydrogens (tertiary/aromatic N) is 1. The molecule has 1 aromatic heterocycles. The number of fused-ring (bicyclic) bond motifs is 1. The lowest BCUT2D eigenvalue weighted by molar-refractivity contribution is 0.272. The van der Waals surface area contributed by atoms with E-state index < -0.39 is 0 Å². The van der Waals surface area contributed by atoms with E-state index in [-0.39, 0.29) is 5.56 Å². The predicted octanol–water partition coefficient (Wildman–Crippen LogP) is 4.67. The fourth-order valence-electron chi connectivity index (χ4n) is 2.67.